The lowest BCUT2D eigenvalue weighted by atomic mass is 9.86. The Bertz CT molecular complexity index is 1530. The molecule has 5 atom stereocenters. The largest absolute Gasteiger partial charge is 0.543 e. The highest BCUT2D eigenvalue weighted by molar-refractivity contribution is 6.84. The lowest BCUT2D eigenvalue weighted by Gasteiger charge is -2.56. The zero-order chi connectivity index (χ0) is 45.0. The highest BCUT2D eigenvalue weighted by atomic mass is 28.5. The predicted molar refractivity (Wildman–Crippen MR) is 247 cm³/mol. The summed E-state index contributed by atoms with van der Waals surface area (Å²) in [6, 6.07) is 4.13. The Kier molecular flexibility index (Phi) is 15.9. The summed E-state index contributed by atoms with van der Waals surface area (Å²) in [7, 11) is -11.2. The van der Waals surface area contributed by atoms with Crippen molar-refractivity contribution in [2.75, 3.05) is 6.61 Å². The number of benzene rings is 1. The van der Waals surface area contributed by atoms with Gasteiger partial charge in [-0.2, -0.15) is 0 Å². The molecule has 59 heavy (non-hydrogen) atoms. The van der Waals surface area contributed by atoms with Crippen LogP contribution in [-0.2, 0) is 44.4 Å². The van der Waals surface area contributed by atoms with Crippen LogP contribution in [-0.4, -0.2) is 75.9 Å². The van der Waals surface area contributed by atoms with Crippen LogP contribution in [0.3, 0.4) is 0 Å². The van der Waals surface area contributed by atoms with E-state index in [2.05, 4.69) is 151 Å². The van der Waals surface area contributed by atoms with Crippen molar-refractivity contribution >= 4 is 39.7 Å². The second kappa shape index (κ2) is 18.6. The maximum absolute atomic E-state index is 13.2. The van der Waals surface area contributed by atoms with Crippen molar-refractivity contribution in [3.8, 4) is 11.5 Å². The normalized spacial score (nSPS) is 26.2. The number of hydrogen-bond donors (Lipinski definition) is 1. The number of esters is 1. The van der Waals surface area contributed by atoms with Gasteiger partial charge in [0.15, 0.2) is 6.10 Å². The van der Waals surface area contributed by atoms with E-state index in [1.54, 1.807) is 0 Å². The van der Waals surface area contributed by atoms with Crippen LogP contribution in [0.25, 0.3) is 0 Å². The van der Waals surface area contributed by atoms with E-state index in [1.807, 2.05) is 0 Å². The summed E-state index contributed by atoms with van der Waals surface area (Å²) in [6.45, 7) is 46.3. The highest BCUT2D eigenvalue weighted by Gasteiger charge is 2.67. The van der Waals surface area contributed by atoms with Crippen LogP contribution in [0.1, 0.15) is 157 Å². The molecule has 1 N–H and O–H groups in total. The molecule has 0 amide bonds. The Morgan fingerprint density at radius 3 is 1.59 bits per heavy atom. The minimum Gasteiger partial charge on any atom is -0.543 e. The molecule has 3 aliphatic rings. The van der Waals surface area contributed by atoms with E-state index in [1.165, 1.54) is 6.92 Å². The lowest BCUT2D eigenvalue weighted by molar-refractivity contribution is -0.369. The van der Waals surface area contributed by atoms with Crippen LogP contribution in [0, 0.1) is 0 Å². The number of rotatable bonds is 15. The summed E-state index contributed by atoms with van der Waals surface area (Å²) in [4.78, 5) is 13.2. The first-order chi connectivity index (χ1) is 27.1. The van der Waals surface area contributed by atoms with Gasteiger partial charge in [0.2, 0.25) is 5.79 Å². The number of ether oxygens (including phenoxy) is 3. The third-order valence-electron chi connectivity index (χ3n) is 14.3. The Labute approximate surface area is 363 Å². The topological polar surface area (TPSA) is 111 Å². The summed E-state index contributed by atoms with van der Waals surface area (Å²) in [5.41, 5.74) is 3.56. The van der Waals surface area contributed by atoms with Crippen molar-refractivity contribution in [2.24, 2.45) is 0 Å². The van der Waals surface area contributed by atoms with Gasteiger partial charge < -0.3 is 41.1 Å². The molecule has 0 unspecified atom stereocenters. The third kappa shape index (κ3) is 8.64. The van der Waals surface area contributed by atoms with Gasteiger partial charge in [-0.3, -0.25) is 4.79 Å². The molecule has 1 spiro atoms. The third-order valence-corrected chi connectivity index (χ3v) is 36.5. The van der Waals surface area contributed by atoms with Crippen LogP contribution in [0.4, 0.5) is 0 Å². The average Bonchev–Trinajstić information content (AvgIpc) is 3.46. The number of fused-ring (bicyclic) bond motifs is 3. The number of hydrogen-bond acceptors (Lipinski definition) is 10. The molecule has 0 aliphatic carbocycles. The smallest absolute Gasteiger partial charge is 0.335 e. The summed E-state index contributed by atoms with van der Waals surface area (Å²) >= 11 is 0. The van der Waals surface area contributed by atoms with Gasteiger partial charge in [0.25, 0.3) is 16.6 Å². The van der Waals surface area contributed by atoms with Crippen LogP contribution < -0.4 is 8.85 Å². The fraction of sp³-hybridized carbons (Fsp3) is 0.844. The van der Waals surface area contributed by atoms with Gasteiger partial charge >= 0.3 is 23.1 Å². The summed E-state index contributed by atoms with van der Waals surface area (Å²) in [6.07, 6.45) is -4.34. The van der Waals surface area contributed by atoms with E-state index in [-0.39, 0.29) is 52.0 Å². The standard InChI is InChI=1S/C45H84O10Si4/c1-26(2)56(27(3)4,28(5)6)52-38-22-37-24-48-45(41(37)39(23-38)53-57(29(7)8,30(9)10)31(11)12)44(50-36(21)46)42(47)43-40(51-45)25-49-58(32(13)14,33(15)16)55-59(54-43,34(17)18)35(19)20/h22-23,26-35,40,42-44,47H,24-25H2,1-21H3/t40-,42+,43-,44-,45+/m1/s1. The monoisotopic (exact) mass is 897 g/mol. The number of carbonyl (C=O) groups is 1. The second-order valence-electron chi connectivity index (χ2n) is 21.0. The molecular formula is C45H84O10Si4. The lowest BCUT2D eigenvalue weighted by Crippen LogP contribution is -2.72. The van der Waals surface area contributed by atoms with Crippen LogP contribution in [0.15, 0.2) is 12.1 Å². The van der Waals surface area contributed by atoms with Crippen LogP contribution >= 0.6 is 0 Å². The van der Waals surface area contributed by atoms with Crippen molar-refractivity contribution in [3.63, 3.8) is 0 Å². The molecule has 3 heterocycles. The molecule has 14 heteroatoms. The molecule has 0 bridgehead atoms. The first-order valence-electron chi connectivity index (χ1n) is 22.9. The average molecular weight is 898 g/mol. The Hall–Kier alpha value is -1.08. The van der Waals surface area contributed by atoms with Gasteiger partial charge in [-0.05, 0) is 67.0 Å². The van der Waals surface area contributed by atoms with Crippen molar-refractivity contribution < 1.29 is 45.9 Å². The summed E-state index contributed by atoms with van der Waals surface area (Å²) in [5, 5.41) is 12.8. The fourth-order valence-corrected chi connectivity index (χ4v) is 33.4. The second-order valence-corrected chi connectivity index (χ2v) is 40.6. The molecule has 3 aliphatic heterocycles. The minimum atomic E-state index is -3.18. The van der Waals surface area contributed by atoms with Crippen molar-refractivity contribution in [3.05, 3.63) is 23.3 Å². The highest BCUT2D eigenvalue weighted by Crippen LogP contribution is 2.57. The molecular weight excluding hydrogens is 813 g/mol. The molecule has 340 valence electrons. The van der Waals surface area contributed by atoms with Crippen LogP contribution in [0.5, 0.6) is 11.5 Å². The van der Waals surface area contributed by atoms with E-state index in [0.29, 0.717) is 27.9 Å². The Morgan fingerprint density at radius 1 is 0.712 bits per heavy atom. The predicted octanol–water partition coefficient (Wildman–Crippen LogP) is 12.1. The van der Waals surface area contributed by atoms with Gasteiger partial charge in [-0.25, -0.2) is 0 Å². The minimum absolute atomic E-state index is 0.0192. The summed E-state index contributed by atoms with van der Waals surface area (Å²) in [5.74, 6) is -0.927. The first kappa shape index (κ1) is 50.6. The molecule has 4 rings (SSSR count). The molecule has 0 saturated carbocycles. The quantitative estimate of drug-likeness (QED) is 0.135. The van der Waals surface area contributed by atoms with E-state index in [4.69, 9.17) is 36.0 Å². The van der Waals surface area contributed by atoms with E-state index in [9.17, 15) is 9.90 Å². The van der Waals surface area contributed by atoms with Crippen molar-refractivity contribution in [1.29, 1.82) is 0 Å². The fourth-order valence-electron chi connectivity index (χ4n) is 11.7. The van der Waals surface area contributed by atoms with E-state index >= 15 is 0 Å². The van der Waals surface area contributed by atoms with Gasteiger partial charge in [0, 0.05) is 13.0 Å². The van der Waals surface area contributed by atoms with E-state index < -0.39 is 69.9 Å². The molecule has 1 aromatic rings. The van der Waals surface area contributed by atoms with Gasteiger partial charge in [0.1, 0.15) is 29.8 Å². The Balaban J connectivity index is 2.07. The zero-order valence-electron chi connectivity index (χ0n) is 40.8. The van der Waals surface area contributed by atoms with Gasteiger partial charge in [-0.1, -0.05) is 138 Å². The molecule has 2 saturated heterocycles. The van der Waals surface area contributed by atoms with Crippen molar-refractivity contribution in [1.82, 2.24) is 0 Å². The molecule has 2 fully saturated rings. The first-order valence-corrected chi connectivity index (χ1v) is 31.1. The maximum atomic E-state index is 13.2. The zero-order valence-corrected chi connectivity index (χ0v) is 44.8. The van der Waals surface area contributed by atoms with Gasteiger partial charge in [-0.15, -0.1) is 0 Å². The number of carbonyl (C=O) groups excluding carboxylic acids is 1. The van der Waals surface area contributed by atoms with Crippen LogP contribution in [0.2, 0.25) is 55.4 Å². The number of aliphatic hydroxyl groups excluding tert-OH is 1. The maximum Gasteiger partial charge on any atom is 0.335 e. The number of aliphatic hydroxyl groups is 1. The summed E-state index contributed by atoms with van der Waals surface area (Å²) < 4.78 is 57.5. The van der Waals surface area contributed by atoms with Crippen molar-refractivity contribution in [2.45, 2.75) is 238 Å². The molecule has 10 nitrogen and oxygen atoms in total. The molecule has 1 aromatic carbocycles. The SMILES string of the molecule is CC(=O)O[C@@H]1[C@@H](O)[C@@H]2O[Si](C(C)C)(C(C)C)O[Si](C(C)C)(C(C)C)OC[C@H]2O[C@]12OCc1cc(O[Si](C(C)C)(C(C)C)C(C)C)cc(O[Si](C(C)C)(C(C)C)C(C)C)c12. The van der Waals surface area contributed by atoms with E-state index in [0.717, 1.165) is 11.3 Å². The molecule has 0 radical (unpaired) electrons. The Morgan fingerprint density at radius 2 is 1.17 bits per heavy atom. The van der Waals surface area contributed by atoms with Gasteiger partial charge in [0.05, 0.1) is 18.8 Å². The molecule has 0 aromatic heterocycles.